The minimum absolute atomic E-state index is 0.00630. The molecule has 19 heavy (non-hydrogen) atoms. The second-order valence-electron chi connectivity index (χ2n) is 3.92. The van der Waals surface area contributed by atoms with Crippen molar-refractivity contribution < 1.29 is 9.72 Å². The third-order valence-corrected chi connectivity index (χ3v) is 2.66. The fourth-order valence-electron chi connectivity index (χ4n) is 1.80. The fourth-order valence-corrected chi connectivity index (χ4v) is 1.80. The zero-order valence-electron chi connectivity index (χ0n) is 10.3. The number of nitro benzene ring substituents is 1. The first kappa shape index (κ1) is 12.8. The highest BCUT2D eigenvalue weighted by atomic mass is 16.6. The quantitative estimate of drug-likeness (QED) is 0.652. The van der Waals surface area contributed by atoms with Gasteiger partial charge in [0.15, 0.2) is 0 Å². The van der Waals surface area contributed by atoms with E-state index in [1.165, 1.54) is 6.07 Å². The lowest BCUT2D eigenvalue weighted by atomic mass is 10.1. The van der Waals surface area contributed by atoms with Gasteiger partial charge in [0.2, 0.25) is 0 Å². The van der Waals surface area contributed by atoms with Crippen molar-refractivity contribution >= 4 is 11.6 Å². The molecule has 2 rings (SSSR count). The Balaban J connectivity index is 2.38. The zero-order chi connectivity index (χ0) is 13.8. The van der Waals surface area contributed by atoms with Crippen LogP contribution < -0.4 is 5.32 Å². The van der Waals surface area contributed by atoms with E-state index in [0.717, 1.165) is 0 Å². The van der Waals surface area contributed by atoms with Crippen molar-refractivity contribution in [1.29, 1.82) is 0 Å². The molecule has 0 atom stereocenters. The molecule has 1 aromatic carbocycles. The molecule has 0 radical (unpaired) electrons. The number of carbonyl (C=O) groups excluding carboxylic acids is 1. The maximum atomic E-state index is 11.6. The highest BCUT2D eigenvalue weighted by molar-refractivity contribution is 5.93. The summed E-state index contributed by atoms with van der Waals surface area (Å²) in [5, 5.41) is 13.6. The molecule has 6 nitrogen and oxygen atoms in total. The summed E-state index contributed by atoms with van der Waals surface area (Å²) in [5.41, 5.74) is 1.40. The molecule has 2 N–H and O–H groups in total. The van der Waals surface area contributed by atoms with E-state index in [4.69, 9.17) is 0 Å². The average molecular weight is 259 g/mol. The lowest BCUT2D eigenvalue weighted by molar-refractivity contribution is -0.384. The number of rotatable bonds is 4. The van der Waals surface area contributed by atoms with Gasteiger partial charge in [0.05, 0.1) is 16.2 Å². The van der Waals surface area contributed by atoms with Gasteiger partial charge in [0, 0.05) is 12.6 Å². The zero-order valence-corrected chi connectivity index (χ0v) is 10.3. The van der Waals surface area contributed by atoms with Gasteiger partial charge in [0.1, 0.15) is 5.69 Å². The first-order valence-corrected chi connectivity index (χ1v) is 5.84. The van der Waals surface area contributed by atoms with Crippen LogP contribution in [0.3, 0.4) is 0 Å². The van der Waals surface area contributed by atoms with Crippen LogP contribution in [0.5, 0.6) is 0 Å². The smallest absolute Gasteiger partial charge is 0.278 e. The van der Waals surface area contributed by atoms with E-state index < -0.39 is 4.92 Å². The van der Waals surface area contributed by atoms with E-state index in [1.807, 2.05) is 6.92 Å². The first-order chi connectivity index (χ1) is 9.13. The van der Waals surface area contributed by atoms with Crippen molar-refractivity contribution in [3.8, 4) is 11.3 Å². The number of aromatic amines is 1. The topological polar surface area (TPSA) is 88.0 Å². The number of H-pyrrole nitrogens is 1. The number of benzene rings is 1. The van der Waals surface area contributed by atoms with Crippen LogP contribution in [-0.4, -0.2) is 22.4 Å². The molecule has 0 bridgehead atoms. The van der Waals surface area contributed by atoms with E-state index in [1.54, 1.807) is 30.3 Å². The van der Waals surface area contributed by atoms with Crippen molar-refractivity contribution in [2.45, 2.75) is 6.92 Å². The van der Waals surface area contributed by atoms with Crippen LogP contribution in [0.4, 0.5) is 5.69 Å². The molecule has 1 amide bonds. The van der Waals surface area contributed by atoms with E-state index in [0.29, 0.717) is 23.5 Å². The van der Waals surface area contributed by atoms with Crippen LogP contribution in [0.2, 0.25) is 0 Å². The molecule has 0 spiro atoms. The van der Waals surface area contributed by atoms with Crippen LogP contribution in [0, 0.1) is 10.1 Å². The SMILES string of the molecule is CCNC(=O)c1ccc(-c2ccccc2[N+](=O)[O-])[nH]1. The van der Waals surface area contributed by atoms with Gasteiger partial charge in [-0.1, -0.05) is 12.1 Å². The van der Waals surface area contributed by atoms with Gasteiger partial charge < -0.3 is 10.3 Å². The first-order valence-electron chi connectivity index (χ1n) is 5.84. The third-order valence-electron chi connectivity index (χ3n) is 2.66. The summed E-state index contributed by atoms with van der Waals surface area (Å²) in [6.45, 7) is 2.35. The average Bonchev–Trinajstić information content (AvgIpc) is 2.88. The predicted octanol–water partition coefficient (Wildman–Crippen LogP) is 2.34. The number of aromatic nitrogens is 1. The van der Waals surface area contributed by atoms with Crippen molar-refractivity contribution in [2.24, 2.45) is 0 Å². The second kappa shape index (κ2) is 5.34. The summed E-state index contributed by atoms with van der Waals surface area (Å²) in [6, 6.07) is 9.67. The summed E-state index contributed by atoms with van der Waals surface area (Å²) >= 11 is 0. The van der Waals surface area contributed by atoms with Crippen LogP contribution in [0.15, 0.2) is 36.4 Å². The molecule has 0 saturated heterocycles. The van der Waals surface area contributed by atoms with Gasteiger partial charge in [0.25, 0.3) is 11.6 Å². The molecule has 98 valence electrons. The molecule has 0 fully saturated rings. The van der Waals surface area contributed by atoms with Gasteiger partial charge in [-0.2, -0.15) is 0 Å². The molecule has 6 heteroatoms. The Kier molecular flexibility index (Phi) is 3.61. The minimum Gasteiger partial charge on any atom is -0.351 e. The number of nitrogens with one attached hydrogen (secondary N) is 2. The number of amides is 1. The standard InChI is InChI=1S/C13H13N3O3/c1-2-14-13(17)11-8-7-10(15-11)9-5-3-4-6-12(9)16(18)19/h3-8,15H,2H2,1H3,(H,14,17). The number of hydrogen-bond acceptors (Lipinski definition) is 3. The Hall–Kier alpha value is -2.63. The van der Waals surface area contributed by atoms with E-state index in [9.17, 15) is 14.9 Å². The normalized spacial score (nSPS) is 10.2. The monoisotopic (exact) mass is 259 g/mol. The molecule has 0 aliphatic heterocycles. The summed E-state index contributed by atoms with van der Waals surface area (Å²) in [5.74, 6) is -0.229. The molecule has 1 heterocycles. The second-order valence-corrected chi connectivity index (χ2v) is 3.92. The maximum Gasteiger partial charge on any atom is 0.278 e. The maximum absolute atomic E-state index is 11.6. The highest BCUT2D eigenvalue weighted by Crippen LogP contribution is 2.28. The van der Waals surface area contributed by atoms with Gasteiger partial charge in [-0.15, -0.1) is 0 Å². The van der Waals surface area contributed by atoms with Crippen LogP contribution in [0.1, 0.15) is 17.4 Å². The van der Waals surface area contributed by atoms with Crippen LogP contribution in [0.25, 0.3) is 11.3 Å². The molecule has 2 aromatic rings. The molecule has 0 unspecified atom stereocenters. The Morgan fingerprint density at radius 1 is 1.32 bits per heavy atom. The molecule has 0 saturated carbocycles. The molecular weight excluding hydrogens is 246 g/mol. The molecule has 0 aliphatic carbocycles. The van der Waals surface area contributed by atoms with E-state index in [-0.39, 0.29) is 11.6 Å². The van der Waals surface area contributed by atoms with Crippen LogP contribution >= 0.6 is 0 Å². The van der Waals surface area contributed by atoms with Crippen molar-refractivity contribution in [1.82, 2.24) is 10.3 Å². The summed E-state index contributed by atoms with van der Waals surface area (Å²) in [6.07, 6.45) is 0. The minimum atomic E-state index is -0.442. The van der Waals surface area contributed by atoms with Crippen LogP contribution in [-0.2, 0) is 0 Å². The molecule has 0 aliphatic rings. The van der Waals surface area contributed by atoms with E-state index >= 15 is 0 Å². The number of carbonyl (C=O) groups is 1. The molecular formula is C13H13N3O3. The Morgan fingerprint density at radius 2 is 2.05 bits per heavy atom. The Morgan fingerprint density at radius 3 is 2.74 bits per heavy atom. The van der Waals surface area contributed by atoms with Crippen molar-refractivity contribution in [2.75, 3.05) is 6.54 Å². The van der Waals surface area contributed by atoms with E-state index in [2.05, 4.69) is 10.3 Å². The predicted molar refractivity (Wildman–Crippen MR) is 70.9 cm³/mol. The summed E-state index contributed by atoms with van der Waals surface area (Å²) in [7, 11) is 0. The largest absolute Gasteiger partial charge is 0.351 e. The van der Waals surface area contributed by atoms with Gasteiger partial charge in [-0.3, -0.25) is 14.9 Å². The fraction of sp³-hybridized carbons (Fsp3) is 0.154. The lowest BCUT2D eigenvalue weighted by Gasteiger charge is -2.01. The van der Waals surface area contributed by atoms with Gasteiger partial charge >= 0.3 is 0 Å². The number of hydrogen-bond donors (Lipinski definition) is 2. The van der Waals surface area contributed by atoms with Gasteiger partial charge in [-0.25, -0.2) is 0 Å². The number of nitrogens with zero attached hydrogens (tertiary/aromatic N) is 1. The summed E-state index contributed by atoms with van der Waals surface area (Å²) in [4.78, 5) is 25.0. The number of nitro groups is 1. The number of para-hydroxylation sites is 1. The van der Waals surface area contributed by atoms with Crippen molar-refractivity contribution in [3.63, 3.8) is 0 Å². The Labute approximate surface area is 109 Å². The Bertz CT molecular complexity index is 619. The molecule has 1 aromatic heterocycles. The lowest BCUT2D eigenvalue weighted by Crippen LogP contribution is -2.22. The van der Waals surface area contributed by atoms with Crippen molar-refractivity contribution in [3.05, 3.63) is 52.2 Å². The highest BCUT2D eigenvalue weighted by Gasteiger charge is 2.16. The summed E-state index contributed by atoms with van der Waals surface area (Å²) < 4.78 is 0. The van der Waals surface area contributed by atoms with Gasteiger partial charge in [-0.05, 0) is 25.1 Å². The third kappa shape index (κ3) is 2.62.